The van der Waals surface area contributed by atoms with E-state index in [-0.39, 0.29) is 23.9 Å². The number of nitrogens with one attached hydrogen (secondary N) is 1. The Balaban J connectivity index is 3.75. The summed E-state index contributed by atoms with van der Waals surface area (Å²) in [4.78, 5) is 11.6. The van der Waals surface area contributed by atoms with E-state index in [4.69, 9.17) is 5.73 Å². The maximum atomic E-state index is 11.6. The van der Waals surface area contributed by atoms with Crippen molar-refractivity contribution in [3.05, 3.63) is 0 Å². The summed E-state index contributed by atoms with van der Waals surface area (Å²) in [5.74, 6) is -0.0207. The summed E-state index contributed by atoms with van der Waals surface area (Å²) in [7, 11) is 0. The van der Waals surface area contributed by atoms with Crippen molar-refractivity contribution in [2.45, 2.75) is 65.5 Å². The Morgan fingerprint density at radius 1 is 1.27 bits per heavy atom. The molecule has 0 radical (unpaired) electrons. The van der Waals surface area contributed by atoms with E-state index in [9.17, 15) is 4.79 Å². The predicted molar refractivity (Wildman–Crippen MR) is 64.6 cm³/mol. The van der Waals surface area contributed by atoms with Gasteiger partial charge >= 0.3 is 0 Å². The molecule has 0 aromatic heterocycles. The Bertz CT molecular complexity index is 180. The van der Waals surface area contributed by atoms with Gasteiger partial charge in [-0.3, -0.25) is 4.79 Å². The molecule has 0 aliphatic heterocycles. The highest BCUT2D eigenvalue weighted by molar-refractivity contribution is 5.79. The number of hydrogen-bond acceptors (Lipinski definition) is 2. The molecule has 0 fully saturated rings. The molecule has 1 amide bonds. The summed E-state index contributed by atoms with van der Waals surface area (Å²) in [6.45, 7) is 7.98. The number of carbonyl (C=O) groups is 1. The third-order valence-electron chi connectivity index (χ3n) is 2.83. The Morgan fingerprint density at radius 3 is 2.33 bits per heavy atom. The molecule has 0 spiro atoms. The molecule has 90 valence electrons. The predicted octanol–water partition coefficient (Wildman–Crippen LogP) is 2.05. The van der Waals surface area contributed by atoms with Crippen LogP contribution in [0.15, 0.2) is 0 Å². The smallest absolute Gasteiger partial charge is 0.224 e. The van der Waals surface area contributed by atoms with Crippen LogP contribution in [0.4, 0.5) is 0 Å². The van der Waals surface area contributed by atoms with E-state index < -0.39 is 0 Å². The normalized spacial score (nSPS) is 16.9. The van der Waals surface area contributed by atoms with Crippen LogP contribution in [0, 0.1) is 5.92 Å². The second kappa shape index (κ2) is 7.69. The molecule has 0 saturated heterocycles. The molecule has 3 unspecified atom stereocenters. The SMILES string of the molecule is CCCCCC(C)NC(=O)C(C)C(C)N. The van der Waals surface area contributed by atoms with Gasteiger partial charge in [-0.05, 0) is 20.3 Å². The molecule has 0 aromatic rings. The summed E-state index contributed by atoms with van der Waals surface area (Å²) in [5, 5.41) is 3.00. The van der Waals surface area contributed by atoms with Crippen LogP contribution in [0.25, 0.3) is 0 Å². The second-order valence-electron chi connectivity index (χ2n) is 4.55. The van der Waals surface area contributed by atoms with Gasteiger partial charge in [0.05, 0.1) is 0 Å². The van der Waals surface area contributed by atoms with Crippen molar-refractivity contribution in [2.24, 2.45) is 11.7 Å². The average Bonchev–Trinajstić information content (AvgIpc) is 2.16. The molecule has 0 aliphatic carbocycles. The summed E-state index contributed by atoms with van der Waals surface area (Å²) < 4.78 is 0. The Morgan fingerprint density at radius 2 is 1.87 bits per heavy atom. The standard InChI is InChI=1S/C12H26N2O/c1-5-6-7-8-9(2)14-12(15)10(3)11(4)13/h9-11H,5-8,13H2,1-4H3,(H,14,15). The fraction of sp³-hybridized carbons (Fsp3) is 0.917. The van der Waals surface area contributed by atoms with Gasteiger partial charge in [0, 0.05) is 18.0 Å². The Hall–Kier alpha value is -0.570. The molecular formula is C12H26N2O. The van der Waals surface area contributed by atoms with Crippen LogP contribution in [0.1, 0.15) is 53.4 Å². The van der Waals surface area contributed by atoms with Crippen molar-refractivity contribution in [3.8, 4) is 0 Å². The number of unbranched alkanes of at least 4 members (excludes halogenated alkanes) is 2. The van der Waals surface area contributed by atoms with E-state index >= 15 is 0 Å². The molecule has 0 aromatic carbocycles. The first-order valence-electron chi connectivity index (χ1n) is 6.05. The highest BCUT2D eigenvalue weighted by atomic mass is 16.1. The van der Waals surface area contributed by atoms with Crippen molar-refractivity contribution in [1.82, 2.24) is 5.32 Å². The Kier molecular flexibility index (Phi) is 7.39. The van der Waals surface area contributed by atoms with Gasteiger partial charge in [0.25, 0.3) is 0 Å². The second-order valence-corrected chi connectivity index (χ2v) is 4.55. The molecule has 3 atom stereocenters. The van der Waals surface area contributed by atoms with E-state index in [2.05, 4.69) is 19.2 Å². The van der Waals surface area contributed by atoms with Gasteiger partial charge < -0.3 is 11.1 Å². The van der Waals surface area contributed by atoms with Crippen molar-refractivity contribution in [1.29, 1.82) is 0 Å². The lowest BCUT2D eigenvalue weighted by atomic mass is 10.0. The molecule has 3 nitrogen and oxygen atoms in total. The first kappa shape index (κ1) is 14.4. The molecule has 0 rings (SSSR count). The molecule has 0 aliphatic rings. The van der Waals surface area contributed by atoms with Crippen molar-refractivity contribution in [3.63, 3.8) is 0 Å². The summed E-state index contributed by atoms with van der Waals surface area (Å²) >= 11 is 0. The van der Waals surface area contributed by atoms with Crippen LogP contribution in [-0.4, -0.2) is 18.0 Å². The van der Waals surface area contributed by atoms with E-state index in [1.807, 2.05) is 13.8 Å². The van der Waals surface area contributed by atoms with Gasteiger partial charge in [0.2, 0.25) is 5.91 Å². The van der Waals surface area contributed by atoms with Crippen LogP contribution in [0.2, 0.25) is 0 Å². The quantitative estimate of drug-likeness (QED) is 0.637. The topological polar surface area (TPSA) is 55.1 Å². The van der Waals surface area contributed by atoms with E-state index in [0.717, 1.165) is 6.42 Å². The van der Waals surface area contributed by atoms with E-state index in [1.54, 1.807) is 0 Å². The molecule has 0 saturated carbocycles. The number of carbonyl (C=O) groups excluding carboxylic acids is 1. The fourth-order valence-corrected chi connectivity index (χ4v) is 1.39. The van der Waals surface area contributed by atoms with E-state index in [1.165, 1.54) is 19.3 Å². The third-order valence-corrected chi connectivity index (χ3v) is 2.83. The molecule has 3 heteroatoms. The fourth-order valence-electron chi connectivity index (χ4n) is 1.39. The van der Waals surface area contributed by atoms with Crippen molar-refractivity contribution in [2.75, 3.05) is 0 Å². The highest BCUT2D eigenvalue weighted by Gasteiger charge is 2.18. The number of amides is 1. The largest absolute Gasteiger partial charge is 0.353 e. The lowest BCUT2D eigenvalue weighted by Gasteiger charge is -2.19. The first-order chi connectivity index (χ1) is 6.99. The zero-order chi connectivity index (χ0) is 11.8. The zero-order valence-electron chi connectivity index (χ0n) is 10.5. The van der Waals surface area contributed by atoms with Gasteiger partial charge in [-0.2, -0.15) is 0 Å². The van der Waals surface area contributed by atoms with Crippen LogP contribution in [0.5, 0.6) is 0 Å². The van der Waals surface area contributed by atoms with Crippen molar-refractivity contribution < 1.29 is 4.79 Å². The van der Waals surface area contributed by atoms with Crippen molar-refractivity contribution >= 4 is 5.91 Å². The van der Waals surface area contributed by atoms with Gasteiger partial charge in [-0.1, -0.05) is 33.1 Å². The van der Waals surface area contributed by atoms with Crippen LogP contribution >= 0.6 is 0 Å². The molecular weight excluding hydrogens is 188 g/mol. The van der Waals surface area contributed by atoms with Gasteiger partial charge in [0.1, 0.15) is 0 Å². The zero-order valence-corrected chi connectivity index (χ0v) is 10.5. The maximum absolute atomic E-state index is 11.6. The summed E-state index contributed by atoms with van der Waals surface area (Å²) in [5.41, 5.74) is 5.67. The minimum atomic E-state index is -0.0985. The number of nitrogens with two attached hydrogens (primary N) is 1. The maximum Gasteiger partial charge on any atom is 0.224 e. The lowest BCUT2D eigenvalue weighted by molar-refractivity contribution is -0.125. The first-order valence-corrected chi connectivity index (χ1v) is 6.05. The van der Waals surface area contributed by atoms with Gasteiger partial charge in [0.15, 0.2) is 0 Å². The van der Waals surface area contributed by atoms with E-state index in [0.29, 0.717) is 0 Å². The number of rotatable bonds is 7. The molecule has 0 bridgehead atoms. The van der Waals surface area contributed by atoms with Crippen LogP contribution in [0.3, 0.4) is 0 Å². The molecule has 15 heavy (non-hydrogen) atoms. The van der Waals surface area contributed by atoms with Crippen LogP contribution < -0.4 is 11.1 Å². The summed E-state index contributed by atoms with van der Waals surface area (Å²) in [6, 6.07) is 0.193. The van der Waals surface area contributed by atoms with Gasteiger partial charge in [-0.15, -0.1) is 0 Å². The molecule has 3 N–H and O–H groups in total. The monoisotopic (exact) mass is 214 g/mol. The number of hydrogen-bond donors (Lipinski definition) is 2. The summed E-state index contributed by atoms with van der Waals surface area (Å²) in [6.07, 6.45) is 4.70. The average molecular weight is 214 g/mol. The highest BCUT2D eigenvalue weighted by Crippen LogP contribution is 2.05. The molecule has 0 heterocycles. The Labute approximate surface area is 93.8 Å². The third kappa shape index (κ3) is 6.50. The van der Waals surface area contributed by atoms with Crippen LogP contribution in [-0.2, 0) is 4.79 Å². The van der Waals surface area contributed by atoms with Gasteiger partial charge in [-0.25, -0.2) is 0 Å². The minimum Gasteiger partial charge on any atom is -0.353 e. The minimum absolute atomic E-state index is 0.0761. The lowest BCUT2D eigenvalue weighted by Crippen LogP contribution is -2.42.